The molecule has 0 bridgehead atoms. The van der Waals surface area contributed by atoms with Crippen molar-refractivity contribution in [2.75, 3.05) is 7.11 Å². The Morgan fingerprint density at radius 3 is 2.68 bits per heavy atom. The Balaban J connectivity index is 3.12. The second-order valence-corrected chi connectivity index (χ2v) is 4.76. The Labute approximate surface area is 117 Å². The van der Waals surface area contributed by atoms with E-state index in [1.54, 1.807) is 6.92 Å². The summed E-state index contributed by atoms with van der Waals surface area (Å²) in [6.45, 7) is 3.53. The van der Waals surface area contributed by atoms with Crippen LogP contribution in [0.1, 0.15) is 30.6 Å². The molecule has 6 heteroatoms. The van der Waals surface area contributed by atoms with E-state index in [1.165, 1.54) is 25.3 Å². The highest BCUT2D eigenvalue weighted by molar-refractivity contribution is 7.80. The van der Waals surface area contributed by atoms with Crippen molar-refractivity contribution in [3.8, 4) is 5.75 Å². The van der Waals surface area contributed by atoms with Crippen LogP contribution in [0, 0.1) is 5.82 Å². The second kappa shape index (κ2) is 5.97. The van der Waals surface area contributed by atoms with E-state index in [-0.39, 0.29) is 16.3 Å². The van der Waals surface area contributed by atoms with Gasteiger partial charge in [-0.1, -0.05) is 25.2 Å². The zero-order valence-corrected chi connectivity index (χ0v) is 11.9. The lowest BCUT2D eigenvalue weighted by molar-refractivity contribution is 0.0919. The molecule has 1 atom stereocenters. The van der Waals surface area contributed by atoms with Gasteiger partial charge in [-0.15, -0.1) is 0 Å². The van der Waals surface area contributed by atoms with Crippen molar-refractivity contribution < 1.29 is 13.9 Å². The number of hydrogen-bond acceptors (Lipinski definition) is 3. The number of amides is 1. The van der Waals surface area contributed by atoms with Gasteiger partial charge in [-0.2, -0.15) is 0 Å². The predicted octanol–water partition coefficient (Wildman–Crippen LogP) is 2.02. The topological polar surface area (TPSA) is 64.3 Å². The fraction of sp³-hybridized carbons (Fsp3) is 0.385. The summed E-state index contributed by atoms with van der Waals surface area (Å²) in [5, 5.41) is 2.65. The lowest BCUT2D eigenvalue weighted by Crippen LogP contribution is -2.54. The van der Waals surface area contributed by atoms with Crippen LogP contribution in [0.3, 0.4) is 0 Å². The largest absolute Gasteiger partial charge is 0.496 e. The van der Waals surface area contributed by atoms with E-state index < -0.39 is 17.3 Å². The van der Waals surface area contributed by atoms with Crippen molar-refractivity contribution in [1.29, 1.82) is 0 Å². The summed E-state index contributed by atoms with van der Waals surface area (Å²) in [5.74, 6) is -1.09. The molecule has 19 heavy (non-hydrogen) atoms. The van der Waals surface area contributed by atoms with E-state index in [0.717, 1.165) is 0 Å². The first-order chi connectivity index (χ1) is 8.85. The van der Waals surface area contributed by atoms with E-state index in [2.05, 4.69) is 5.32 Å². The van der Waals surface area contributed by atoms with Crippen molar-refractivity contribution in [3.05, 3.63) is 29.6 Å². The van der Waals surface area contributed by atoms with Gasteiger partial charge in [0, 0.05) is 0 Å². The van der Waals surface area contributed by atoms with Crippen LogP contribution < -0.4 is 15.8 Å². The monoisotopic (exact) mass is 284 g/mol. The number of rotatable bonds is 5. The molecule has 1 aromatic carbocycles. The molecule has 1 amide bonds. The van der Waals surface area contributed by atoms with Crippen molar-refractivity contribution in [3.63, 3.8) is 0 Å². The van der Waals surface area contributed by atoms with Crippen LogP contribution in [-0.2, 0) is 0 Å². The van der Waals surface area contributed by atoms with Gasteiger partial charge in [0.1, 0.15) is 17.1 Å². The highest BCUT2D eigenvalue weighted by Gasteiger charge is 2.30. The summed E-state index contributed by atoms with van der Waals surface area (Å²) in [7, 11) is 1.37. The van der Waals surface area contributed by atoms with Gasteiger partial charge >= 0.3 is 0 Å². The van der Waals surface area contributed by atoms with Gasteiger partial charge in [0.15, 0.2) is 0 Å². The van der Waals surface area contributed by atoms with E-state index in [0.29, 0.717) is 6.42 Å². The van der Waals surface area contributed by atoms with E-state index >= 15 is 0 Å². The number of methoxy groups -OCH3 is 1. The van der Waals surface area contributed by atoms with E-state index in [1.807, 2.05) is 6.92 Å². The van der Waals surface area contributed by atoms with Crippen LogP contribution in [0.2, 0.25) is 0 Å². The van der Waals surface area contributed by atoms with Crippen LogP contribution in [0.5, 0.6) is 5.75 Å². The molecule has 0 saturated carbocycles. The normalized spacial score (nSPS) is 13.5. The van der Waals surface area contributed by atoms with Gasteiger partial charge in [-0.3, -0.25) is 4.79 Å². The quantitative estimate of drug-likeness (QED) is 0.812. The third-order valence-electron chi connectivity index (χ3n) is 3.06. The van der Waals surface area contributed by atoms with Gasteiger partial charge in [-0.05, 0) is 25.5 Å². The lowest BCUT2D eigenvalue weighted by atomic mass is 9.98. The summed E-state index contributed by atoms with van der Waals surface area (Å²) in [4.78, 5) is 12.3. The number of halogens is 1. The molecule has 0 spiro atoms. The number of carbonyl (C=O) groups is 1. The molecule has 0 heterocycles. The Bertz CT molecular complexity index is 507. The maximum absolute atomic E-state index is 13.8. The number of carbonyl (C=O) groups excluding carboxylic acids is 1. The summed E-state index contributed by atoms with van der Waals surface area (Å²) < 4.78 is 18.8. The molecule has 104 valence electrons. The van der Waals surface area contributed by atoms with Gasteiger partial charge < -0.3 is 15.8 Å². The molecule has 0 aromatic heterocycles. The Morgan fingerprint density at radius 2 is 2.21 bits per heavy atom. The highest BCUT2D eigenvalue weighted by Crippen LogP contribution is 2.22. The summed E-state index contributed by atoms with van der Waals surface area (Å²) in [5.41, 5.74) is 4.59. The second-order valence-electron chi connectivity index (χ2n) is 4.32. The van der Waals surface area contributed by atoms with Gasteiger partial charge in [-0.25, -0.2) is 4.39 Å². The van der Waals surface area contributed by atoms with Crippen molar-refractivity contribution in [2.24, 2.45) is 5.73 Å². The number of hydrogen-bond donors (Lipinski definition) is 2. The molecular formula is C13H17FN2O2S. The van der Waals surface area contributed by atoms with Crippen LogP contribution in [0.4, 0.5) is 4.39 Å². The van der Waals surface area contributed by atoms with Crippen LogP contribution in [0.15, 0.2) is 18.2 Å². The first-order valence-electron chi connectivity index (χ1n) is 5.80. The molecule has 0 saturated heterocycles. The van der Waals surface area contributed by atoms with Gasteiger partial charge in [0.05, 0.1) is 17.6 Å². The zero-order valence-electron chi connectivity index (χ0n) is 11.1. The number of ether oxygens (including phenoxy) is 1. The van der Waals surface area contributed by atoms with E-state index in [4.69, 9.17) is 22.7 Å². The molecule has 0 aliphatic rings. The average Bonchev–Trinajstić information content (AvgIpc) is 2.37. The third-order valence-corrected chi connectivity index (χ3v) is 3.51. The minimum Gasteiger partial charge on any atom is -0.496 e. The summed E-state index contributed by atoms with van der Waals surface area (Å²) in [6, 6.07) is 4.18. The number of nitrogens with two attached hydrogens (primary N) is 1. The van der Waals surface area contributed by atoms with Gasteiger partial charge in [0.2, 0.25) is 0 Å². The number of thiocarbonyl (C=S) groups is 1. The summed E-state index contributed by atoms with van der Waals surface area (Å²) in [6.07, 6.45) is 0.505. The molecule has 0 fully saturated rings. The van der Waals surface area contributed by atoms with Gasteiger partial charge in [0.25, 0.3) is 5.91 Å². The first kappa shape index (κ1) is 15.4. The Morgan fingerprint density at radius 1 is 1.58 bits per heavy atom. The molecule has 0 aliphatic heterocycles. The minimum absolute atomic E-state index is 0.152. The van der Waals surface area contributed by atoms with E-state index in [9.17, 15) is 9.18 Å². The molecule has 1 aromatic rings. The third kappa shape index (κ3) is 3.20. The molecule has 0 radical (unpaired) electrons. The smallest absolute Gasteiger partial charge is 0.258 e. The maximum Gasteiger partial charge on any atom is 0.258 e. The fourth-order valence-corrected chi connectivity index (χ4v) is 1.73. The lowest BCUT2D eigenvalue weighted by Gasteiger charge is -2.28. The standard InChI is InChI=1S/C13H17FN2O2S/c1-4-13(2,12(15)19)16-11(17)10-8(14)6-5-7-9(10)18-3/h5-7H,4H2,1-3H3,(H2,15,19)(H,16,17). The Kier molecular flexibility index (Phi) is 4.83. The SMILES string of the molecule is CCC(C)(NC(=O)c1c(F)cccc1OC)C(N)=S. The highest BCUT2D eigenvalue weighted by atomic mass is 32.1. The summed E-state index contributed by atoms with van der Waals surface area (Å²) >= 11 is 4.93. The zero-order chi connectivity index (χ0) is 14.6. The van der Waals surface area contributed by atoms with Crippen LogP contribution >= 0.6 is 12.2 Å². The fourth-order valence-electron chi connectivity index (χ4n) is 1.53. The molecule has 4 nitrogen and oxygen atoms in total. The molecule has 0 aliphatic carbocycles. The molecule has 1 rings (SSSR count). The van der Waals surface area contributed by atoms with Crippen molar-refractivity contribution >= 4 is 23.1 Å². The minimum atomic E-state index is -0.861. The Hall–Kier alpha value is -1.69. The maximum atomic E-state index is 13.8. The molecule has 1 unspecified atom stereocenters. The van der Waals surface area contributed by atoms with Crippen LogP contribution in [-0.4, -0.2) is 23.5 Å². The predicted molar refractivity (Wildman–Crippen MR) is 75.9 cm³/mol. The number of benzene rings is 1. The van der Waals surface area contributed by atoms with Crippen molar-refractivity contribution in [1.82, 2.24) is 5.32 Å². The number of nitrogens with one attached hydrogen (secondary N) is 1. The molecular weight excluding hydrogens is 267 g/mol. The van der Waals surface area contributed by atoms with Crippen molar-refractivity contribution in [2.45, 2.75) is 25.8 Å². The molecule has 3 N–H and O–H groups in total. The average molecular weight is 284 g/mol. The first-order valence-corrected chi connectivity index (χ1v) is 6.21. The van der Waals surface area contributed by atoms with Crippen LogP contribution in [0.25, 0.3) is 0 Å².